The summed E-state index contributed by atoms with van der Waals surface area (Å²) < 4.78 is 0. The minimum Gasteiger partial charge on any atom is -0.480 e. The van der Waals surface area contributed by atoms with E-state index in [1.807, 2.05) is 0 Å². The maximum absolute atomic E-state index is 12.0. The summed E-state index contributed by atoms with van der Waals surface area (Å²) in [6, 6.07) is 6.11. The number of halogens is 1. The Morgan fingerprint density at radius 2 is 2.05 bits per heavy atom. The summed E-state index contributed by atoms with van der Waals surface area (Å²) in [5.74, 6) is -1.33. The van der Waals surface area contributed by atoms with E-state index in [9.17, 15) is 14.7 Å². The molecule has 1 amide bonds. The number of amides is 1. The number of carbonyl (C=O) groups is 2. The van der Waals surface area contributed by atoms with Gasteiger partial charge in [-0.2, -0.15) is 0 Å². The van der Waals surface area contributed by atoms with Crippen LogP contribution >= 0.6 is 11.6 Å². The third kappa shape index (κ3) is 5.02. The van der Waals surface area contributed by atoms with Crippen LogP contribution in [0.2, 0.25) is 5.02 Å². The van der Waals surface area contributed by atoms with Crippen LogP contribution in [-0.4, -0.2) is 29.1 Å². The molecule has 0 heterocycles. The molecule has 1 saturated carbocycles. The Bertz CT molecular complexity index is 515. The molecule has 1 unspecified atom stereocenters. The summed E-state index contributed by atoms with van der Waals surface area (Å²) in [7, 11) is 0. The number of carboxylic acids is 1. The first-order chi connectivity index (χ1) is 10.0. The molecule has 1 aromatic rings. The van der Waals surface area contributed by atoms with Gasteiger partial charge in [0.1, 0.15) is 6.04 Å². The van der Waals surface area contributed by atoms with Crippen LogP contribution in [0, 0.1) is 0 Å². The normalized spacial score (nSPS) is 16.6. The van der Waals surface area contributed by atoms with Crippen LogP contribution in [-0.2, 0) is 9.59 Å². The molecule has 0 aliphatic heterocycles. The van der Waals surface area contributed by atoms with Crippen LogP contribution in [0.15, 0.2) is 24.3 Å². The molecule has 1 aliphatic rings. The Kier molecular flexibility index (Phi) is 5.59. The van der Waals surface area contributed by atoms with Crippen LogP contribution in [0.4, 0.5) is 5.69 Å². The second-order valence-electron chi connectivity index (χ2n) is 5.30. The van der Waals surface area contributed by atoms with Gasteiger partial charge in [-0.3, -0.25) is 9.59 Å². The van der Waals surface area contributed by atoms with Crippen LogP contribution in [0.25, 0.3) is 0 Å². The van der Waals surface area contributed by atoms with E-state index < -0.39 is 12.0 Å². The van der Waals surface area contributed by atoms with E-state index in [1.165, 1.54) is 0 Å². The maximum atomic E-state index is 12.0. The van der Waals surface area contributed by atoms with E-state index in [0.29, 0.717) is 10.7 Å². The lowest BCUT2D eigenvalue weighted by molar-refractivity contribution is -0.141. The highest BCUT2D eigenvalue weighted by molar-refractivity contribution is 6.30. The Morgan fingerprint density at radius 1 is 1.33 bits per heavy atom. The summed E-state index contributed by atoms with van der Waals surface area (Å²) in [4.78, 5) is 23.2. The minimum absolute atomic E-state index is 0.0989. The van der Waals surface area contributed by atoms with E-state index in [2.05, 4.69) is 10.6 Å². The highest BCUT2D eigenvalue weighted by atomic mass is 35.5. The first kappa shape index (κ1) is 15.8. The van der Waals surface area contributed by atoms with Crippen molar-refractivity contribution >= 4 is 29.2 Å². The largest absolute Gasteiger partial charge is 0.480 e. The van der Waals surface area contributed by atoms with E-state index in [1.54, 1.807) is 24.3 Å². The van der Waals surface area contributed by atoms with Gasteiger partial charge in [0.15, 0.2) is 0 Å². The molecular weight excluding hydrogens is 292 g/mol. The third-order valence-electron chi connectivity index (χ3n) is 3.59. The summed E-state index contributed by atoms with van der Waals surface area (Å²) in [6.45, 7) is 0. The van der Waals surface area contributed by atoms with Crippen molar-refractivity contribution in [3.63, 3.8) is 0 Å². The molecule has 0 saturated heterocycles. The lowest BCUT2D eigenvalue weighted by Crippen LogP contribution is -2.44. The molecular formula is C15H19ClN2O3. The van der Waals surface area contributed by atoms with Gasteiger partial charge in [0.2, 0.25) is 5.91 Å². The van der Waals surface area contributed by atoms with Gasteiger partial charge in [0, 0.05) is 16.8 Å². The summed E-state index contributed by atoms with van der Waals surface area (Å²) in [5, 5.41) is 15.5. The van der Waals surface area contributed by atoms with Crippen molar-refractivity contribution in [2.45, 2.75) is 44.2 Å². The first-order valence-corrected chi connectivity index (χ1v) is 7.46. The van der Waals surface area contributed by atoms with E-state index in [0.717, 1.165) is 25.7 Å². The summed E-state index contributed by atoms with van der Waals surface area (Å²) in [5.41, 5.74) is 0.567. The lowest BCUT2D eigenvalue weighted by Gasteiger charge is -2.19. The van der Waals surface area contributed by atoms with Crippen molar-refractivity contribution in [3.8, 4) is 0 Å². The average molecular weight is 311 g/mol. The van der Waals surface area contributed by atoms with Gasteiger partial charge < -0.3 is 15.7 Å². The Hall–Kier alpha value is -1.59. The number of hydrogen-bond acceptors (Lipinski definition) is 3. The van der Waals surface area contributed by atoms with Crippen LogP contribution in [0.1, 0.15) is 32.1 Å². The molecule has 5 nitrogen and oxygen atoms in total. The molecule has 0 spiro atoms. The van der Waals surface area contributed by atoms with Gasteiger partial charge in [-0.25, -0.2) is 0 Å². The predicted molar refractivity (Wildman–Crippen MR) is 81.5 cm³/mol. The molecule has 1 atom stereocenters. The number of nitrogens with one attached hydrogen (secondary N) is 2. The Balaban J connectivity index is 1.90. The second-order valence-corrected chi connectivity index (χ2v) is 5.74. The van der Waals surface area contributed by atoms with Crippen LogP contribution in [0.5, 0.6) is 0 Å². The molecule has 114 valence electrons. The smallest absolute Gasteiger partial charge is 0.321 e. The fourth-order valence-corrected chi connectivity index (χ4v) is 2.75. The van der Waals surface area contributed by atoms with Crippen molar-refractivity contribution in [1.82, 2.24) is 5.32 Å². The van der Waals surface area contributed by atoms with Gasteiger partial charge in [-0.15, -0.1) is 0 Å². The SMILES string of the molecule is O=C(CC(NC1CCCC1)C(=O)O)Nc1cccc(Cl)c1. The zero-order valence-corrected chi connectivity index (χ0v) is 12.4. The molecule has 21 heavy (non-hydrogen) atoms. The molecule has 2 rings (SSSR count). The predicted octanol–water partition coefficient (Wildman–Crippen LogP) is 2.65. The van der Waals surface area contributed by atoms with Crippen molar-refractivity contribution < 1.29 is 14.7 Å². The Labute approximate surface area is 128 Å². The van der Waals surface area contributed by atoms with Crippen molar-refractivity contribution in [2.24, 2.45) is 0 Å². The van der Waals surface area contributed by atoms with Gasteiger partial charge >= 0.3 is 5.97 Å². The standard InChI is InChI=1S/C15H19ClN2O3/c16-10-4-3-7-12(8-10)18-14(19)9-13(15(20)21)17-11-5-1-2-6-11/h3-4,7-8,11,13,17H,1-2,5-6,9H2,(H,18,19)(H,20,21). The zero-order chi connectivity index (χ0) is 15.2. The second kappa shape index (κ2) is 7.43. The number of anilines is 1. The molecule has 1 aromatic carbocycles. The van der Waals surface area contributed by atoms with Gasteiger partial charge in [-0.1, -0.05) is 30.5 Å². The monoisotopic (exact) mass is 310 g/mol. The number of carboxylic acid groups (broad SMARTS) is 1. The summed E-state index contributed by atoms with van der Waals surface area (Å²) in [6.07, 6.45) is 4.06. The van der Waals surface area contributed by atoms with Gasteiger partial charge in [0.25, 0.3) is 0 Å². The Morgan fingerprint density at radius 3 is 2.67 bits per heavy atom. The molecule has 0 radical (unpaired) electrons. The third-order valence-corrected chi connectivity index (χ3v) is 3.82. The quantitative estimate of drug-likeness (QED) is 0.755. The van der Waals surface area contributed by atoms with E-state index in [-0.39, 0.29) is 18.4 Å². The topological polar surface area (TPSA) is 78.4 Å². The van der Waals surface area contributed by atoms with Crippen molar-refractivity contribution in [3.05, 3.63) is 29.3 Å². The summed E-state index contributed by atoms with van der Waals surface area (Å²) >= 11 is 5.84. The number of rotatable bonds is 6. The maximum Gasteiger partial charge on any atom is 0.321 e. The fourth-order valence-electron chi connectivity index (χ4n) is 2.56. The average Bonchev–Trinajstić information content (AvgIpc) is 2.90. The fraction of sp³-hybridized carbons (Fsp3) is 0.467. The molecule has 6 heteroatoms. The van der Waals surface area contributed by atoms with Crippen molar-refractivity contribution in [2.75, 3.05) is 5.32 Å². The van der Waals surface area contributed by atoms with Crippen molar-refractivity contribution in [1.29, 1.82) is 0 Å². The number of aliphatic carboxylic acids is 1. The highest BCUT2D eigenvalue weighted by Crippen LogP contribution is 2.19. The number of carbonyl (C=O) groups excluding carboxylic acids is 1. The van der Waals surface area contributed by atoms with E-state index in [4.69, 9.17) is 11.6 Å². The number of benzene rings is 1. The van der Waals surface area contributed by atoms with Crippen LogP contribution in [0.3, 0.4) is 0 Å². The molecule has 0 bridgehead atoms. The zero-order valence-electron chi connectivity index (χ0n) is 11.6. The first-order valence-electron chi connectivity index (χ1n) is 7.09. The van der Waals surface area contributed by atoms with Gasteiger partial charge in [-0.05, 0) is 31.0 Å². The minimum atomic E-state index is -0.997. The molecule has 3 N–H and O–H groups in total. The van der Waals surface area contributed by atoms with Gasteiger partial charge in [0.05, 0.1) is 6.42 Å². The highest BCUT2D eigenvalue weighted by Gasteiger charge is 2.26. The number of hydrogen-bond donors (Lipinski definition) is 3. The van der Waals surface area contributed by atoms with E-state index >= 15 is 0 Å². The lowest BCUT2D eigenvalue weighted by atomic mass is 10.1. The van der Waals surface area contributed by atoms with Crippen LogP contribution < -0.4 is 10.6 Å². The molecule has 1 fully saturated rings. The molecule has 1 aliphatic carbocycles. The molecule has 0 aromatic heterocycles.